The summed E-state index contributed by atoms with van der Waals surface area (Å²) in [5.41, 5.74) is 5.21. The van der Waals surface area contributed by atoms with Crippen molar-refractivity contribution in [2.24, 2.45) is 0 Å². The van der Waals surface area contributed by atoms with E-state index in [4.69, 9.17) is 0 Å². The third-order valence-corrected chi connectivity index (χ3v) is 5.62. The van der Waals surface area contributed by atoms with Crippen LogP contribution < -0.4 is 10.9 Å². The van der Waals surface area contributed by atoms with Crippen LogP contribution in [0.15, 0.2) is 59.4 Å². The molecule has 0 fully saturated rings. The summed E-state index contributed by atoms with van der Waals surface area (Å²) in [5, 5.41) is 7.62. The third kappa shape index (κ3) is 3.73. The molecule has 0 bridgehead atoms. The Balaban J connectivity index is 1.76. The van der Waals surface area contributed by atoms with Crippen molar-refractivity contribution in [2.75, 3.05) is 5.32 Å². The number of hydrogen-bond donors (Lipinski definition) is 1. The quantitative estimate of drug-likeness (QED) is 0.726. The van der Waals surface area contributed by atoms with Crippen LogP contribution in [-0.2, 0) is 17.6 Å². The number of nitrogens with one attached hydrogen (secondary N) is 1. The lowest BCUT2D eigenvalue weighted by atomic mass is 9.89. The number of fused-ring (bicyclic) bond motifs is 1. The minimum atomic E-state index is -0.711. The highest BCUT2D eigenvalue weighted by Crippen LogP contribution is 2.28. The second-order valence-electron chi connectivity index (χ2n) is 7.61. The Bertz CT molecular complexity index is 1100. The van der Waals surface area contributed by atoms with Gasteiger partial charge in [-0.1, -0.05) is 48.5 Å². The number of hydrogen-bond acceptors (Lipinski definition) is 3. The minimum Gasteiger partial charge on any atom is -0.324 e. The van der Waals surface area contributed by atoms with Crippen molar-refractivity contribution in [2.45, 2.75) is 45.6 Å². The fraction of sp³-hybridized carbons (Fsp3) is 0.292. The minimum absolute atomic E-state index is 0.146. The fourth-order valence-corrected chi connectivity index (χ4v) is 3.91. The van der Waals surface area contributed by atoms with Crippen molar-refractivity contribution in [1.29, 1.82) is 0 Å². The Morgan fingerprint density at radius 2 is 1.66 bits per heavy atom. The van der Waals surface area contributed by atoms with Crippen molar-refractivity contribution in [3.8, 4) is 11.3 Å². The van der Waals surface area contributed by atoms with Gasteiger partial charge in [0.1, 0.15) is 6.04 Å². The van der Waals surface area contributed by atoms with Crippen LogP contribution >= 0.6 is 0 Å². The second-order valence-corrected chi connectivity index (χ2v) is 7.61. The highest BCUT2D eigenvalue weighted by Gasteiger charge is 2.25. The van der Waals surface area contributed by atoms with Gasteiger partial charge in [0.25, 0.3) is 5.56 Å². The highest BCUT2D eigenvalue weighted by molar-refractivity contribution is 5.94. The molecule has 4 rings (SSSR count). The Morgan fingerprint density at radius 3 is 2.38 bits per heavy atom. The predicted molar refractivity (Wildman–Crippen MR) is 115 cm³/mol. The van der Waals surface area contributed by atoms with E-state index in [0.717, 1.165) is 59.3 Å². The van der Waals surface area contributed by atoms with Crippen LogP contribution in [0.3, 0.4) is 0 Å². The van der Waals surface area contributed by atoms with Gasteiger partial charge in [0.2, 0.25) is 5.91 Å². The molecule has 1 aliphatic carbocycles. The van der Waals surface area contributed by atoms with Crippen molar-refractivity contribution in [3.63, 3.8) is 0 Å². The Kier molecular flexibility index (Phi) is 5.30. The van der Waals surface area contributed by atoms with E-state index in [1.807, 2.05) is 61.5 Å². The molecule has 1 amide bonds. The van der Waals surface area contributed by atoms with Gasteiger partial charge in [0.15, 0.2) is 0 Å². The molecule has 0 spiro atoms. The maximum Gasteiger partial charge on any atom is 0.271 e. The summed E-state index contributed by atoms with van der Waals surface area (Å²) in [4.78, 5) is 26.1. The average Bonchev–Trinajstić information content (AvgIpc) is 2.76. The molecule has 0 saturated heterocycles. The van der Waals surface area contributed by atoms with E-state index in [1.165, 1.54) is 4.68 Å². The van der Waals surface area contributed by atoms with E-state index >= 15 is 0 Å². The zero-order valence-corrected chi connectivity index (χ0v) is 16.8. The number of nitrogens with zero attached hydrogens (tertiary/aromatic N) is 2. The van der Waals surface area contributed by atoms with Crippen LogP contribution in [0, 0.1) is 6.92 Å². The summed E-state index contributed by atoms with van der Waals surface area (Å²) in [6.45, 7) is 3.67. The van der Waals surface area contributed by atoms with E-state index in [9.17, 15) is 9.59 Å². The second kappa shape index (κ2) is 8.03. The van der Waals surface area contributed by atoms with Gasteiger partial charge < -0.3 is 5.32 Å². The summed E-state index contributed by atoms with van der Waals surface area (Å²) in [7, 11) is 0. The molecule has 1 aromatic heterocycles. The molecule has 5 heteroatoms. The maximum absolute atomic E-state index is 13.2. The average molecular weight is 387 g/mol. The van der Waals surface area contributed by atoms with E-state index in [2.05, 4.69) is 10.4 Å². The molecule has 0 saturated carbocycles. The zero-order chi connectivity index (χ0) is 20.4. The predicted octanol–water partition coefficient (Wildman–Crippen LogP) is 4.30. The number of rotatable bonds is 4. The maximum atomic E-state index is 13.2. The van der Waals surface area contributed by atoms with E-state index < -0.39 is 6.04 Å². The fourth-order valence-electron chi connectivity index (χ4n) is 3.91. The van der Waals surface area contributed by atoms with Crippen LogP contribution in [0.4, 0.5) is 5.69 Å². The lowest BCUT2D eigenvalue weighted by Gasteiger charge is -2.22. The van der Waals surface area contributed by atoms with Crippen LogP contribution in [0.5, 0.6) is 0 Å². The lowest BCUT2D eigenvalue weighted by Crippen LogP contribution is -2.37. The SMILES string of the molecule is Cc1ccccc1NC(=O)[C@H](C)n1nc(-c2ccccc2)c2c(c1=O)CCCC2. The summed E-state index contributed by atoms with van der Waals surface area (Å²) in [6.07, 6.45) is 3.64. The van der Waals surface area contributed by atoms with Crippen LogP contribution in [0.2, 0.25) is 0 Å². The standard InChI is InChI=1S/C24H25N3O2/c1-16-10-6-9-15-21(16)25-23(28)17(2)27-24(29)20-14-8-7-13-19(20)22(26-27)18-11-4-3-5-12-18/h3-6,9-12,15,17H,7-8,13-14H2,1-2H3,(H,25,28)/t17-/m0/s1. The van der Waals surface area contributed by atoms with Crippen LogP contribution in [0.1, 0.15) is 42.5 Å². The Hall–Kier alpha value is -3.21. The molecule has 1 N–H and O–H groups in total. The first-order valence-corrected chi connectivity index (χ1v) is 10.1. The van der Waals surface area contributed by atoms with E-state index in [-0.39, 0.29) is 11.5 Å². The van der Waals surface area contributed by atoms with Crippen molar-refractivity contribution < 1.29 is 4.79 Å². The summed E-state index contributed by atoms with van der Waals surface area (Å²) >= 11 is 0. The molecule has 29 heavy (non-hydrogen) atoms. The van der Waals surface area contributed by atoms with Gasteiger partial charge in [-0.15, -0.1) is 0 Å². The molecule has 1 heterocycles. The highest BCUT2D eigenvalue weighted by atomic mass is 16.2. The number of aryl methyl sites for hydroxylation is 1. The zero-order valence-electron chi connectivity index (χ0n) is 16.8. The molecule has 5 nitrogen and oxygen atoms in total. The van der Waals surface area contributed by atoms with Gasteiger partial charge in [0, 0.05) is 16.8 Å². The van der Waals surface area contributed by atoms with Gasteiger partial charge in [-0.3, -0.25) is 9.59 Å². The largest absolute Gasteiger partial charge is 0.324 e. The number of carbonyl (C=O) groups is 1. The normalized spacial score (nSPS) is 14.1. The van der Waals surface area contributed by atoms with Gasteiger partial charge in [-0.05, 0) is 56.7 Å². The topological polar surface area (TPSA) is 64.0 Å². The van der Waals surface area contributed by atoms with Crippen molar-refractivity contribution in [1.82, 2.24) is 9.78 Å². The summed E-state index contributed by atoms with van der Waals surface area (Å²) in [5.74, 6) is -0.247. The number of aromatic nitrogens is 2. The Morgan fingerprint density at radius 1 is 1.00 bits per heavy atom. The van der Waals surface area contributed by atoms with Crippen LogP contribution in [-0.4, -0.2) is 15.7 Å². The van der Waals surface area contributed by atoms with Gasteiger partial charge in [-0.2, -0.15) is 5.10 Å². The summed E-state index contributed by atoms with van der Waals surface area (Å²) in [6, 6.07) is 16.8. The smallest absolute Gasteiger partial charge is 0.271 e. The van der Waals surface area contributed by atoms with Crippen molar-refractivity contribution in [3.05, 3.63) is 81.6 Å². The number of anilines is 1. The lowest BCUT2D eigenvalue weighted by molar-refractivity contribution is -0.119. The molecule has 1 aliphatic rings. The first-order chi connectivity index (χ1) is 14.1. The number of carbonyl (C=O) groups excluding carboxylic acids is 1. The molecular weight excluding hydrogens is 362 g/mol. The Labute approximate surface area is 170 Å². The molecule has 0 aliphatic heterocycles. The summed E-state index contributed by atoms with van der Waals surface area (Å²) < 4.78 is 1.36. The van der Waals surface area contributed by atoms with E-state index in [0.29, 0.717) is 0 Å². The van der Waals surface area contributed by atoms with Crippen molar-refractivity contribution >= 4 is 11.6 Å². The van der Waals surface area contributed by atoms with Gasteiger partial charge in [0.05, 0.1) is 5.69 Å². The number of benzene rings is 2. The molecular formula is C24H25N3O2. The number of amides is 1. The molecule has 0 radical (unpaired) electrons. The third-order valence-electron chi connectivity index (χ3n) is 5.62. The first kappa shape index (κ1) is 19.1. The molecule has 1 atom stereocenters. The number of para-hydroxylation sites is 1. The monoisotopic (exact) mass is 387 g/mol. The molecule has 2 aromatic carbocycles. The molecule has 148 valence electrons. The first-order valence-electron chi connectivity index (χ1n) is 10.1. The van der Waals surface area contributed by atoms with Gasteiger partial charge in [-0.25, -0.2) is 4.68 Å². The van der Waals surface area contributed by atoms with Gasteiger partial charge >= 0.3 is 0 Å². The van der Waals surface area contributed by atoms with Crippen LogP contribution in [0.25, 0.3) is 11.3 Å². The molecule has 0 unspecified atom stereocenters. The van der Waals surface area contributed by atoms with E-state index in [1.54, 1.807) is 6.92 Å². The molecule has 3 aromatic rings.